The van der Waals surface area contributed by atoms with Crippen molar-refractivity contribution in [2.45, 2.75) is 34.1 Å². The summed E-state index contributed by atoms with van der Waals surface area (Å²) in [4.78, 5) is 4.01. The predicted octanol–water partition coefficient (Wildman–Crippen LogP) is 3.41. The van der Waals surface area contributed by atoms with E-state index in [1.165, 1.54) is 5.56 Å². The van der Waals surface area contributed by atoms with Crippen LogP contribution < -0.4 is 5.32 Å². The first-order chi connectivity index (χ1) is 7.43. The second kappa shape index (κ2) is 15.2. The van der Waals surface area contributed by atoms with Gasteiger partial charge in [-0.15, -0.1) is 0 Å². The van der Waals surface area contributed by atoms with Gasteiger partial charge in [-0.05, 0) is 24.3 Å². The summed E-state index contributed by atoms with van der Waals surface area (Å²) in [6.45, 7) is 12.5. The van der Waals surface area contributed by atoms with Crippen LogP contribution in [0.1, 0.15) is 33.3 Å². The van der Waals surface area contributed by atoms with Gasteiger partial charge in [-0.25, -0.2) is 0 Å². The third kappa shape index (κ3) is 10.6. The number of rotatable bonds is 4. The molecule has 0 aliphatic heterocycles. The highest BCUT2D eigenvalue weighted by Gasteiger charge is 1.88. The second-order valence-electron chi connectivity index (χ2n) is 2.27. The van der Waals surface area contributed by atoms with Gasteiger partial charge in [-0.1, -0.05) is 40.3 Å². The number of pyridine rings is 1. The number of hydrogen-bond donors (Lipinski definition) is 1. The van der Waals surface area contributed by atoms with Gasteiger partial charge in [0.2, 0.25) is 0 Å². The standard InChI is InChI=1S/C9H12N2.2C2H6/c1-2-10-7-5-9-4-3-6-11-8-9;2*1-2/h2-4,6,8,10H,1,5,7H2;2*1-2H3. The van der Waals surface area contributed by atoms with Crippen molar-refractivity contribution >= 4 is 0 Å². The van der Waals surface area contributed by atoms with E-state index in [1.54, 1.807) is 12.4 Å². The molecule has 0 aromatic carbocycles. The Labute approximate surface area is 94.4 Å². The molecule has 0 fully saturated rings. The zero-order valence-electron chi connectivity index (χ0n) is 10.5. The lowest BCUT2D eigenvalue weighted by Gasteiger charge is -1.99. The summed E-state index contributed by atoms with van der Waals surface area (Å²) in [5.74, 6) is 0. The zero-order chi connectivity index (χ0) is 11.9. The molecule has 2 heteroatoms. The SMILES string of the molecule is C=CNCCc1cccnc1.CC.CC. The second-order valence-corrected chi connectivity index (χ2v) is 2.27. The Hall–Kier alpha value is -1.31. The van der Waals surface area contributed by atoms with Crippen molar-refractivity contribution in [1.82, 2.24) is 10.3 Å². The van der Waals surface area contributed by atoms with Gasteiger partial charge < -0.3 is 5.32 Å². The van der Waals surface area contributed by atoms with E-state index in [0.717, 1.165) is 13.0 Å². The van der Waals surface area contributed by atoms with Crippen LogP contribution in [0.25, 0.3) is 0 Å². The molecule has 0 atom stereocenters. The molecule has 0 bridgehead atoms. The van der Waals surface area contributed by atoms with Crippen LogP contribution in [-0.2, 0) is 6.42 Å². The van der Waals surface area contributed by atoms with E-state index in [-0.39, 0.29) is 0 Å². The predicted molar refractivity (Wildman–Crippen MR) is 68.8 cm³/mol. The van der Waals surface area contributed by atoms with Crippen LogP contribution in [0.2, 0.25) is 0 Å². The fraction of sp³-hybridized carbons (Fsp3) is 0.462. The van der Waals surface area contributed by atoms with Crippen molar-refractivity contribution in [1.29, 1.82) is 0 Å². The van der Waals surface area contributed by atoms with E-state index in [1.807, 2.05) is 40.0 Å². The summed E-state index contributed by atoms with van der Waals surface area (Å²) in [6, 6.07) is 4.01. The summed E-state index contributed by atoms with van der Waals surface area (Å²) < 4.78 is 0. The first-order valence-corrected chi connectivity index (χ1v) is 5.66. The highest BCUT2D eigenvalue weighted by molar-refractivity contribution is 5.08. The van der Waals surface area contributed by atoms with Crippen molar-refractivity contribution in [3.05, 3.63) is 42.9 Å². The average Bonchev–Trinajstić information content (AvgIpc) is 2.36. The van der Waals surface area contributed by atoms with E-state index in [9.17, 15) is 0 Å². The summed E-state index contributed by atoms with van der Waals surface area (Å²) in [7, 11) is 0. The lowest BCUT2D eigenvalue weighted by molar-refractivity contribution is 0.831. The Balaban J connectivity index is 0. The normalized spacial score (nSPS) is 7.47. The van der Waals surface area contributed by atoms with Crippen molar-refractivity contribution in [3.63, 3.8) is 0 Å². The van der Waals surface area contributed by atoms with Gasteiger partial charge in [0.15, 0.2) is 0 Å². The van der Waals surface area contributed by atoms with Crippen LogP contribution in [0.5, 0.6) is 0 Å². The quantitative estimate of drug-likeness (QED) is 0.767. The molecular formula is C13H24N2. The fourth-order valence-electron chi connectivity index (χ4n) is 0.865. The van der Waals surface area contributed by atoms with E-state index < -0.39 is 0 Å². The molecule has 0 radical (unpaired) electrons. The molecular weight excluding hydrogens is 184 g/mol. The van der Waals surface area contributed by atoms with Crippen molar-refractivity contribution < 1.29 is 0 Å². The summed E-state index contributed by atoms with van der Waals surface area (Å²) in [5.41, 5.74) is 1.25. The lowest BCUT2D eigenvalue weighted by atomic mass is 10.2. The molecule has 1 aromatic rings. The molecule has 0 spiro atoms. The van der Waals surface area contributed by atoms with Crippen LogP contribution in [0, 0.1) is 0 Å². The van der Waals surface area contributed by atoms with Crippen LogP contribution in [0.15, 0.2) is 37.3 Å². The molecule has 0 saturated carbocycles. The molecule has 0 saturated heterocycles. The third-order valence-corrected chi connectivity index (χ3v) is 1.43. The first-order valence-electron chi connectivity index (χ1n) is 5.66. The third-order valence-electron chi connectivity index (χ3n) is 1.43. The summed E-state index contributed by atoms with van der Waals surface area (Å²) >= 11 is 0. The summed E-state index contributed by atoms with van der Waals surface area (Å²) in [6.07, 6.45) is 6.37. The first kappa shape index (κ1) is 16.1. The molecule has 15 heavy (non-hydrogen) atoms. The van der Waals surface area contributed by atoms with E-state index in [4.69, 9.17) is 0 Å². The molecule has 0 aliphatic rings. The smallest absolute Gasteiger partial charge is 0.0300 e. The Kier molecular flexibility index (Phi) is 16.3. The molecule has 86 valence electrons. The lowest BCUT2D eigenvalue weighted by Crippen LogP contribution is -2.08. The number of hydrogen-bond acceptors (Lipinski definition) is 2. The molecule has 0 aliphatic carbocycles. The van der Waals surface area contributed by atoms with Crippen molar-refractivity contribution in [2.75, 3.05) is 6.54 Å². The van der Waals surface area contributed by atoms with Gasteiger partial charge in [-0.3, -0.25) is 4.98 Å². The minimum Gasteiger partial charge on any atom is -0.391 e. The maximum absolute atomic E-state index is 4.01. The number of nitrogens with one attached hydrogen (secondary N) is 1. The Morgan fingerprint density at radius 2 is 2.00 bits per heavy atom. The van der Waals surface area contributed by atoms with Crippen molar-refractivity contribution in [2.24, 2.45) is 0 Å². The molecule has 1 aromatic heterocycles. The van der Waals surface area contributed by atoms with Gasteiger partial charge in [0.1, 0.15) is 0 Å². The highest BCUT2D eigenvalue weighted by Crippen LogP contribution is 1.94. The topological polar surface area (TPSA) is 24.9 Å². The molecule has 1 heterocycles. The highest BCUT2D eigenvalue weighted by atomic mass is 14.8. The number of nitrogens with zero attached hydrogens (tertiary/aromatic N) is 1. The van der Waals surface area contributed by atoms with E-state index >= 15 is 0 Å². The molecule has 2 nitrogen and oxygen atoms in total. The van der Waals surface area contributed by atoms with Crippen LogP contribution in [0.3, 0.4) is 0 Å². The zero-order valence-corrected chi connectivity index (χ0v) is 10.5. The van der Waals surface area contributed by atoms with Gasteiger partial charge >= 0.3 is 0 Å². The van der Waals surface area contributed by atoms with E-state index in [2.05, 4.69) is 22.9 Å². The summed E-state index contributed by atoms with van der Waals surface area (Å²) in [5, 5.41) is 3.03. The largest absolute Gasteiger partial charge is 0.391 e. The fourth-order valence-corrected chi connectivity index (χ4v) is 0.865. The molecule has 1 N–H and O–H groups in total. The van der Waals surface area contributed by atoms with Crippen LogP contribution in [-0.4, -0.2) is 11.5 Å². The van der Waals surface area contributed by atoms with Crippen molar-refractivity contribution in [3.8, 4) is 0 Å². The maximum Gasteiger partial charge on any atom is 0.0300 e. The van der Waals surface area contributed by atoms with Gasteiger partial charge in [0, 0.05) is 18.9 Å². The van der Waals surface area contributed by atoms with E-state index in [0.29, 0.717) is 0 Å². The maximum atomic E-state index is 4.01. The molecule has 1 rings (SSSR count). The van der Waals surface area contributed by atoms with Gasteiger partial charge in [0.05, 0.1) is 0 Å². The van der Waals surface area contributed by atoms with Gasteiger partial charge in [-0.2, -0.15) is 0 Å². The average molecular weight is 208 g/mol. The number of aromatic nitrogens is 1. The minimum absolute atomic E-state index is 0.926. The monoisotopic (exact) mass is 208 g/mol. The van der Waals surface area contributed by atoms with Gasteiger partial charge in [0.25, 0.3) is 0 Å². The molecule has 0 amide bonds. The van der Waals surface area contributed by atoms with Crippen LogP contribution >= 0.6 is 0 Å². The Morgan fingerprint density at radius 1 is 1.33 bits per heavy atom. The minimum atomic E-state index is 0.926. The Morgan fingerprint density at radius 3 is 2.47 bits per heavy atom. The molecule has 0 unspecified atom stereocenters. The van der Waals surface area contributed by atoms with Crippen LogP contribution in [0.4, 0.5) is 0 Å². The Bertz CT molecular complexity index is 207.